The van der Waals surface area contributed by atoms with Crippen molar-refractivity contribution in [3.8, 4) is 0 Å². The van der Waals surface area contributed by atoms with Gasteiger partial charge >= 0.3 is 0 Å². The molecule has 0 aliphatic rings. The zero-order valence-corrected chi connectivity index (χ0v) is 5.81. The maximum Gasteiger partial charge on any atom is 0.0836 e. The van der Waals surface area contributed by atoms with E-state index in [2.05, 4.69) is 16.3 Å². The first-order chi connectivity index (χ1) is 4.88. The van der Waals surface area contributed by atoms with Crippen LogP contribution in [0.3, 0.4) is 0 Å². The lowest BCUT2D eigenvalue weighted by molar-refractivity contribution is 1.12. The van der Waals surface area contributed by atoms with E-state index in [0.29, 0.717) is 5.02 Å². The topological polar surface area (TPSA) is 28.7 Å². The third-order valence-corrected chi connectivity index (χ3v) is 1.65. The molecule has 0 atom stereocenters. The molecular weight excluding hydrogens is 148 g/mol. The van der Waals surface area contributed by atoms with Gasteiger partial charge in [-0.3, -0.25) is 5.10 Å². The van der Waals surface area contributed by atoms with Gasteiger partial charge in [-0.05, 0) is 18.2 Å². The summed E-state index contributed by atoms with van der Waals surface area (Å²) >= 11 is 5.80. The van der Waals surface area contributed by atoms with E-state index in [4.69, 9.17) is 11.6 Å². The van der Waals surface area contributed by atoms with Crippen molar-refractivity contribution in [1.29, 1.82) is 0 Å². The number of fused-ring (bicyclic) bond motifs is 1. The van der Waals surface area contributed by atoms with Crippen LogP contribution in [-0.4, -0.2) is 10.2 Å². The SMILES string of the molecule is Clc1c[c]cc2cn[nH]c12. The van der Waals surface area contributed by atoms with Crippen molar-refractivity contribution in [2.75, 3.05) is 0 Å². The van der Waals surface area contributed by atoms with E-state index in [1.54, 1.807) is 12.3 Å². The van der Waals surface area contributed by atoms with Crippen LogP contribution in [0.25, 0.3) is 10.9 Å². The molecule has 2 nitrogen and oxygen atoms in total. The molecule has 2 rings (SSSR count). The summed E-state index contributed by atoms with van der Waals surface area (Å²) in [4.78, 5) is 0. The molecule has 0 aliphatic carbocycles. The lowest BCUT2D eigenvalue weighted by Crippen LogP contribution is -1.69. The molecule has 0 aliphatic heterocycles. The maximum absolute atomic E-state index is 5.80. The van der Waals surface area contributed by atoms with Crippen LogP contribution < -0.4 is 0 Å². The minimum atomic E-state index is 0.662. The summed E-state index contributed by atoms with van der Waals surface area (Å²) in [6.45, 7) is 0. The molecule has 0 bridgehead atoms. The smallest absolute Gasteiger partial charge is 0.0836 e. The van der Waals surface area contributed by atoms with Crippen LogP contribution in [0.1, 0.15) is 0 Å². The Bertz CT molecular complexity index is 353. The van der Waals surface area contributed by atoms with Gasteiger partial charge in [-0.15, -0.1) is 0 Å². The summed E-state index contributed by atoms with van der Waals surface area (Å²) in [5, 5.41) is 8.27. The van der Waals surface area contributed by atoms with Crippen molar-refractivity contribution < 1.29 is 0 Å². The predicted octanol–water partition coefficient (Wildman–Crippen LogP) is 2.02. The van der Waals surface area contributed by atoms with Gasteiger partial charge in [0.25, 0.3) is 0 Å². The zero-order valence-electron chi connectivity index (χ0n) is 5.06. The van der Waals surface area contributed by atoms with Crippen molar-refractivity contribution in [2.24, 2.45) is 0 Å². The van der Waals surface area contributed by atoms with Crippen molar-refractivity contribution in [1.82, 2.24) is 10.2 Å². The number of hydrogen-bond acceptors (Lipinski definition) is 1. The van der Waals surface area contributed by atoms with E-state index >= 15 is 0 Å². The van der Waals surface area contributed by atoms with Gasteiger partial charge in [0.05, 0.1) is 16.7 Å². The molecule has 3 heteroatoms. The van der Waals surface area contributed by atoms with Gasteiger partial charge in [-0.1, -0.05) is 11.6 Å². The monoisotopic (exact) mass is 151 g/mol. The Hall–Kier alpha value is -1.02. The van der Waals surface area contributed by atoms with E-state index in [1.807, 2.05) is 6.07 Å². The Morgan fingerprint density at radius 3 is 3.20 bits per heavy atom. The van der Waals surface area contributed by atoms with Crippen molar-refractivity contribution in [3.63, 3.8) is 0 Å². The minimum absolute atomic E-state index is 0.662. The van der Waals surface area contributed by atoms with Gasteiger partial charge in [0, 0.05) is 5.39 Å². The van der Waals surface area contributed by atoms with Gasteiger partial charge in [-0.2, -0.15) is 5.10 Å². The second-order valence-electron chi connectivity index (χ2n) is 2.00. The number of H-pyrrole nitrogens is 1. The normalized spacial score (nSPS) is 10.5. The Balaban J connectivity index is 2.95. The second-order valence-corrected chi connectivity index (χ2v) is 2.41. The summed E-state index contributed by atoms with van der Waals surface area (Å²) < 4.78 is 0. The molecule has 49 valence electrons. The molecule has 2 aromatic rings. The third-order valence-electron chi connectivity index (χ3n) is 1.36. The molecule has 1 radical (unpaired) electrons. The summed E-state index contributed by atoms with van der Waals surface area (Å²) in [6.07, 6.45) is 1.72. The summed E-state index contributed by atoms with van der Waals surface area (Å²) in [7, 11) is 0. The average Bonchev–Trinajstić information content (AvgIpc) is 2.36. The van der Waals surface area contributed by atoms with Crippen molar-refractivity contribution in [3.05, 3.63) is 29.4 Å². The van der Waals surface area contributed by atoms with Crippen molar-refractivity contribution in [2.45, 2.75) is 0 Å². The van der Waals surface area contributed by atoms with Gasteiger partial charge in [-0.25, -0.2) is 0 Å². The molecule has 0 unspecified atom stereocenters. The first-order valence-corrected chi connectivity index (χ1v) is 3.24. The highest BCUT2D eigenvalue weighted by molar-refractivity contribution is 6.34. The summed E-state index contributed by atoms with van der Waals surface area (Å²) in [6, 6.07) is 6.45. The molecular formula is C7H4ClN2. The highest BCUT2D eigenvalue weighted by Crippen LogP contribution is 2.19. The first kappa shape index (κ1) is 5.74. The van der Waals surface area contributed by atoms with E-state index in [-0.39, 0.29) is 0 Å². The number of halogens is 1. The molecule has 1 aromatic carbocycles. The van der Waals surface area contributed by atoms with Crippen LogP contribution in [0, 0.1) is 6.07 Å². The Morgan fingerprint density at radius 1 is 1.50 bits per heavy atom. The van der Waals surface area contributed by atoms with E-state index in [1.165, 1.54) is 0 Å². The highest BCUT2D eigenvalue weighted by atomic mass is 35.5. The van der Waals surface area contributed by atoms with Crippen LogP contribution >= 0.6 is 11.6 Å². The molecule has 0 spiro atoms. The van der Waals surface area contributed by atoms with E-state index < -0.39 is 0 Å². The standard InChI is InChI=1S/C7H4ClN2/c8-6-3-1-2-5-4-9-10-7(5)6/h2-4H,(H,9,10). The average molecular weight is 152 g/mol. The fourth-order valence-corrected chi connectivity index (χ4v) is 1.09. The Morgan fingerprint density at radius 2 is 2.40 bits per heavy atom. The maximum atomic E-state index is 5.80. The molecule has 1 heterocycles. The molecule has 0 saturated carbocycles. The Kier molecular flexibility index (Phi) is 1.14. The van der Waals surface area contributed by atoms with Crippen LogP contribution in [-0.2, 0) is 0 Å². The van der Waals surface area contributed by atoms with Gasteiger partial charge in [0.2, 0.25) is 0 Å². The van der Waals surface area contributed by atoms with Crippen molar-refractivity contribution >= 4 is 22.5 Å². The van der Waals surface area contributed by atoms with Gasteiger partial charge < -0.3 is 0 Å². The van der Waals surface area contributed by atoms with Gasteiger partial charge in [0.1, 0.15) is 0 Å². The number of nitrogens with one attached hydrogen (secondary N) is 1. The number of aromatic nitrogens is 2. The van der Waals surface area contributed by atoms with Crippen LogP contribution in [0.15, 0.2) is 18.3 Å². The molecule has 1 aromatic heterocycles. The molecule has 1 N–H and O–H groups in total. The molecule has 10 heavy (non-hydrogen) atoms. The molecule has 0 amide bonds. The lowest BCUT2D eigenvalue weighted by atomic mass is 10.3. The molecule has 0 fully saturated rings. The van der Waals surface area contributed by atoms with Crippen LogP contribution in [0.4, 0.5) is 0 Å². The summed E-state index contributed by atoms with van der Waals surface area (Å²) in [5.41, 5.74) is 0.875. The number of aromatic amines is 1. The Labute approximate surface area is 62.8 Å². The predicted molar refractivity (Wildman–Crippen MR) is 39.9 cm³/mol. The number of rotatable bonds is 0. The second kappa shape index (κ2) is 1.99. The zero-order chi connectivity index (χ0) is 6.97. The number of benzene rings is 1. The number of hydrogen-bond donors (Lipinski definition) is 1. The quantitative estimate of drug-likeness (QED) is 0.613. The van der Waals surface area contributed by atoms with Crippen LogP contribution in [0.2, 0.25) is 5.02 Å². The number of nitrogens with zero attached hydrogens (tertiary/aromatic N) is 1. The summed E-state index contributed by atoms with van der Waals surface area (Å²) in [5.74, 6) is 0. The largest absolute Gasteiger partial charge is 0.276 e. The first-order valence-electron chi connectivity index (χ1n) is 2.86. The van der Waals surface area contributed by atoms with Crippen LogP contribution in [0.5, 0.6) is 0 Å². The highest BCUT2D eigenvalue weighted by Gasteiger charge is 1.97. The van der Waals surface area contributed by atoms with Gasteiger partial charge in [0.15, 0.2) is 0 Å². The third kappa shape index (κ3) is 0.693. The van der Waals surface area contributed by atoms with E-state index in [9.17, 15) is 0 Å². The lowest BCUT2D eigenvalue weighted by Gasteiger charge is -1.88. The fourth-order valence-electron chi connectivity index (χ4n) is 0.873. The minimum Gasteiger partial charge on any atom is -0.276 e. The molecule has 0 saturated heterocycles. The van der Waals surface area contributed by atoms with E-state index in [0.717, 1.165) is 10.9 Å². The fraction of sp³-hybridized carbons (Fsp3) is 0.